The summed E-state index contributed by atoms with van der Waals surface area (Å²) in [5.74, 6) is -1.31. The van der Waals surface area contributed by atoms with E-state index in [9.17, 15) is 14.4 Å². The third kappa shape index (κ3) is 6.07. The lowest BCUT2D eigenvalue weighted by Gasteiger charge is -2.13. The van der Waals surface area contributed by atoms with E-state index in [4.69, 9.17) is 4.74 Å². The standard InChI is InChI=1S/C23H27N3O4/c1-2-3-14-24-19-10-6-5-9-18(19)23(29)30-15-21(27)26-20-11-7-4-8-17(20)22(28)25-16-12-13-16/h4-11,16,24H,2-3,12-15H2,1H3,(H,25,28)(H,26,27). The van der Waals surface area contributed by atoms with E-state index in [2.05, 4.69) is 22.9 Å². The first-order chi connectivity index (χ1) is 14.6. The zero-order valence-corrected chi connectivity index (χ0v) is 17.1. The second-order valence-corrected chi connectivity index (χ2v) is 7.24. The van der Waals surface area contributed by atoms with Crippen molar-refractivity contribution in [2.75, 3.05) is 23.8 Å². The molecule has 2 amide bonds. The summed E-state index contributed by atoms with van der Waals surface area (Å²) < 4.78 is 5.19. The van der Waals surface area contributed by atoms with Crippen LogP contribution in [-0.2, 0) is 9.53 Å². The number of unbranched alkanes of at least 4 members (excludes halogenated alkanes) is 1. The fourth-order valence-electron chi connectivity index (χ4n) is 2.89. The maximum atomic E-state index is 12.5. The van der Waals surface area contributed by atoms with E-state index in [-0.39, 0.29) is 11.9 Å². The maximum absolute atomic E-state index is 12.5. The first-order valence-corrected chi connectivity index (χ1v) is 10.3. The highest BCUT2D eigenvalue weighted by atomic mass is 16.5. The number of benzene rings is 2. The zero-order chi connectivity index (χ0) is 21.3. The number of carbonyl (C=O) groups is 3. The third-order valence-electron chi connectivity index (χ3n) is 4.69. The summed E-state index contributed by atoms with van der Waals surface area (Å²) >= 11 is 0. The van der Waals surface area contributed by atoms with Crippen molar-refractivity contribution in [2.45, 2.75) is 38.6 Å². The molecule has 0 radical (unpaired) electrons. The molecule has 3 N–H and O–H groups in total. The van der Waals surface area contributed by atoms with Crippen LogP contribution in [0.25, 0.3) is 0 Å². The molecule has 7 heteroatoms. The highest BCUT2D eigenvalue weighted by molar-refractivity contribution is 6.04. The summed E-state index contributed by atoms with van der Waals surface area (Å²) in [6.07, 6.45) is 3.98. The van der Waals surface area contributed by atoms with Crippen LogP contribution >= 0.6 is 0 Å². The number of para-hydroxylation sites is 2. The van der Waals surface area contributed by atoms with E-state index < -0.39 is 18.5 Å². The molecule has 1 aliphatic rings. The quantitative estimate of drug-likeness (QED) is 0.412. The topological polar surface area (TPSA) is 96.5 Å². The molecule has 0 heterocycles. The van der Waals surface area contributed by atoms with Gasteiger partial charge in [-0.05, 0) is 43.5 Å². The van der Waals surface area contributed by atoms with E-state index in [1.165, 1.54) is 0 Å². The molecule has 0 aliphatic heterocycles. The molecule has 1 fully saturated rings. The van der Waals surface area contributed by atoms with Crippen LogP contribution in [0.3, 0.4) is 0 Å². The SMILES string of the molecule is CCCCNc1ccccc1C(=O)OCC(=O)Nc1ccccc1C(=O)NC1CC1. The summed E-state index contributed by atoms with van der Waals surface area (Å²) in [7, 11) is 0. The second kappa shape index (κ2) is 10.4. The number of rotatable bonds is 10. The Bertz CT molecular complexity index is 909. The average molecular weight is 409 g/mol. The Labute approximate surface area is 176 Å². The average Bonchev–Trinajstić information content (AvgIpc) is 3.57. The van der Waals surface area contributed by atoms with Gasteiger partial charge in [0.1, 0.15) is 0 Å². The van der Waals surface area contributed by atoms with E-state index in [1.807, 2.05) is 6.07 Å². The van der Waals surface area contributed by atoms with Gasteiger partial charge >= 0.3 is 5.97 Å². The Kier molecular flexibility index (Phi) is 7.43. The van der Waals surface area contributed by atoms with Crippen molar-refractivity contribution < 1.29 is 19.1 Å². The van der Waals surface area contributed by atoms with Crippen LogP contribution in [0, 0.1) is 0 Å². The number of amides is 2. The number of hydrogen-bond donors (Lipinski definition) is 3. The molecule has 158 valence electrons. The summed E-state index contributed by atoms with van der Waals surface area (Å²) in [5, 5.41) is 8.77. The smallest absolute Gasteiger partial charge is 0.340 e. The van der Waals surface area contributed by atoms with Gasteiger partial charge in [-0.25, -0.2) is 4.79 Å². The number of anilines is 2. The van der Waals surface area contributed by atoms with Gasteiger partial charge < -0.3 is 20.7 Å². The predicted octanol–water partition coefficient (Wildman–Crippen LogP) is 3.59. The van der Waals surface area contributed by atoms with Crippen molar-refractivity contribution in [1.82, 2.24) is 5.32 Å². The minimum absolute atomic E-state index is 0.216. The normalized spacial score (nSPS) is 12.7. The number of ether oxygens (including phenoxy) is 1. The minimum atomic E-state index is -0.579. The van der Waals surface area contributed by atoms with Crippen molar-refractivity contribution in [3.05, 3.63) is 59.7 Å². The van der Waals surface area contributed by atoms with Crippen LogP contribution in [0.1, 0.15) is 53.3 Å². The number of nitrogens with one attached hydrogen (secondary N) is 3. The van der Waals surface area contributed by atoms with Crippen LogP contribution in [-0.4, -0.2) is 37.0 Å². The molecule has 1 saturated carbocycles. The lowest BCUT2D eigenvalue weighted by atomic mass is 10.1. The van der Waals surface area contributed by atoms with Gasteiger partial charge in [-0.2, -0.15) is 0 Å². The summed E-state index contributed by atoms with van der Waals surface area (Å²) in [6.45, 7) is 2.40. The van der Waals surface area contributed by atoms with Crippen molar-refractivity contribution in [3.8, 4) is 0 Å². The molecule has 2 aromatic rings. The van der Waals surface area contributed by atoms with Crippen molar-refractivity contribution in [1.29, 1.82) is 0 Å². The van der Waals surface area contributed by atoms with Crippen molar-refractivity contribution in [2.24, 2.45) is 0 Å². The molecule has 7 nitrogen and oxygen atoms in total. The maximum Gasteiger partial charge on any atom is 0.340 e. The van der Waals surface area contributed by atoms with Gasteiger partial charge in [0.25, 0.3) is 11.8 Å². The summed E-state index contributed by atoms with van der Waals surface area (Å²) in [5.41, 5.74) is 1.83. The van der Waals surface area contributed by atoms with Crippen LogP contribution in [0.5, 0.6) is 0 Å². The second-order valence-electron chi connectivity index (χ2n) is 7.24. The third-order valence-corrected chi connectivity index (χ3v) is 4.69. The van der Waals surface area contributed by atoms with Crippen LogP contribution in [0.15, 0.2) is 48.5 Å². The van der Waals surface area contributed by atoms with Gasteiger partial charge in [-0.15, -0.1) is 0 Å². The van der Waals surface area contributed by atoms with Gasteiger partial charge in [0.2, 0.25) is 0 Å². The van der Waals surface area contributed by atoms with Gasteiger partial charge in [0, 0.05) is 18.3 Å². The minimum Gasteiger partial charge on any atom is -0.452 e. The first kappa shape index (κ1) is 21.4. The molecule has 0 bridgehead atoms. The van der Waals surface area contributed by atoms with E-state index >= 15 is 0 Å². The van der Waals surface area contributed by atoms with Crippen molar-refractivity contribution in [3.63, 3.8) is 0 Å². The molecule has 0 unspecified atom stereocenters. The molecular weight excluding hydrogens is 382 g/mol. The largest absolute Gasteiger partial charge is 0.452 e. The van der Waals surface area contributed by atoms with Crippen LogP contribution < -0.4 is 16.0 Å². The monoisotopic (exact) mass is 409 g/mol. The Hall–Kier alpha value is -3.35. The number of hydrogen-bond acceptors (Lipinski definition) is 5. The molecular formula is C23H27N3O4. The highest BCUT2D eigenvalue weighted by Gasteiger charge is 2.25. The molecule has 2 aromatic carbocycles. The molecule has 1 aliphatic carbocycles. The van der Waals surface area contributed by atoms with Crippen LogP contribution in [0.2, 0.25) is 0 Å². The fourth-order valence-corrected chi connectivity index (χ4v) is 2.89. The molecule has 0 spiro atoms. The number of esters is 1. The van der Waals surface area contributed by atoms with Gasteiger partial charge in [0.05, 0.1) is 16.8 Å². The summed E-state index contributed by atoms with van der Waals surface area (Å²) in [4.78, 5) is 37.1. The van der Waals surface area contributed by atoms with Gasteiger partial charge in [0.15, 0.2) is 6.61 Å². The Balaban J connectivity index is 1.56. The molecule has 3 rings (SSSR count). The Morgan fingerprint density at radius 1 is 0.967 bits per heavy atom. The lowest BCUT2D eigenvalue weighted by molar-refractivity contribution is -0.119. The van der Waals surface area contributed by atoms with Gasteiger partial charge in [-0.3, -0.25) is 9.59 Å². The zero-order valence-electron chi connectivity index (χ0n) is 17.1. The van der Waals surface area contributed by atoms with E-state index in [0.717, 1.165) is 32.2 Å². The molecule has 0 atom stereocenters. The van der Waals surface area contributed by atoms with E-state index in [0.29, 0.717) is 22.5 Å². The fraction of sp³-hybridized carbons (Fsp3) is 0.348. The van der Waals surface area contributed by atoms with E-state index in [1.54, 1.807) is 42.5 Å². The van der Waals surface area contributed by atoms with Gasteiger partial charge in [-0.1, -0.05) is 37.6 Å². The Morgan fingerprint density at radius 2 is 1.63 bits per heavy atom. The predicted molar refractivity (Wildman–Crippen MR) is 116 cm³/mol. The van der Waals surface area contributed by atoms with Crippen LogP contribution in [0.4, 0.5) is 11.4 Å². The lowest BCUT2D eigenvalue weighted by Crippen LogP contribution is -2.28. The Morgan fingerprint density at radius 3 is 2.33 bits per heavy atom. The highest BCUT2D eigenvalue weighted by Crippen LogP contribution is 2.22. The summed E-state index contributed by atoms with van der Waals surface area (Å²) in [6, 6.07) is 14.0. The molecule has 0 aromatic heterocycles. The van der Waals surface area contributed by atoms with Crippen molar-refractivity contribution >= 4 is 29.2 Å². The molecule has 0 saturated heterocycles. The number of carbonyl (C=O) groups excluding carboxylic acids is 3. The first-order valence-electron chi connectivity index (χ1n) is 10.3. The molecule has 30 heavy (non-hydrogen) atoms.